The maximum Gasteiger partial charge on any atom is 0.270 e. The van der Waals surface area contributed by atoms with E-state index in [9.17, 15) is 4.79 Å². The summed E-state index contributed by atoms with van der Waals surface area (Å²) in [5.41, 5.74) is 4.21. The summed E-state index contributed by atoms with van der Waals surface area (Å²) in [6.07, 6.45) is 1.61. The largest absolute Gasteiger partial charge is 0.486 e. The van der Waals surface area contributed by atoms with Gasteiger partial charge in [-0.25, -0.2) is 0 Å². The molecule has 1 aromatic heterocycles. The van der Waals surface area contributed by atoms with Crippen molar-refractivity contribution in [3.63, 3.8) is 0 Å². The van der Waals surface area contributed by atoms with Crippen LogP contribution >= 0.6 is 0 Å². The van der Waals surface area contributed by atoms with Gasteiger partial charge in [-0.05, 0) is 36.8 Å². The standard InChI is InChI=1S/C22H21N3O3/c1-15-2-4-16(5-3-15)14-24-22(26)19-12-18(8-9-23-19)25-17-6-7-20-21(13-17)28-11-10-27-20/h2-9,12-13H,10-11,14H2,1H3,(H,23,25)(H,24,26). The summed E-state index contributed by atoms with van der Waals surface area (Å²) in [7, 11) is 0. The van der Waals surface area contributed by atoms with Crippen LogP contribution in [0.5, 0.6) is 11.5 Å². The Labute approximate surface area is 163 Å². The molecule has 28 heavy (non-hydrogen) atoms. The number of hydrogen-bond acceptors (Lipinski definition) is 5. The Morgan fingerprint density at radius 2 is 1.71 bits per heavy atom. The van der Waals surface area contributed by atoms with E-state index in [-0.39, 0.29) is 5.91 Å². The van der Waals surface area contributed by atoms with Crippen molar-refractivity contribution in [3.05, 3.63) is 77.6 Å². The van der Waals surface area contributed by atoms with Crippen LogP contribution in [0.1, 0.15) is 21.6 Å². The first kappa shape index (κ1) is 17.9. The highest BCUT2D eigenvalue weighted by molar-refractivity contribution is 5.93. The zero-order valence-corrected chi connectivity index (χ0v) is 15.6. The fourth-order valence-corrected chi connectivity index (χ4v) is 2.90. The van der Waals surface area contributed by atoms with E-state index in [2.05, 4.69) is 15.6 Å². The van der Waals surface area contributed by atoms with Crippen LogP contribution in [0.4, 0.5) is 11.4 Å². The molecule has 0 fully saturated rings. The fourth-order valence-electron chi connectivity index (χ4n) is 2.90. The number of carbonyl (C=O) groups excluding carboxylic acids is 1. The third kappa shape index (κ3) is 4.23. The highest BCUT2D eigenvalue weighted by atomic mass is 16.6. The molecule has 0 atom stereocenters. The van der Waals surface area contributed by atoms with Crippen LogP contribution in [0.3, 0.4) is 0 Å². The van der Waals surface area contributed by atoms with Crippen molar-refractivity contribution in [1.82, 2.24) is 10.3 Å². The smallest absolute Gasteiger partial charge is 0.270 e. The highest BCUT2D eigenvalue weighted by Crippen LogP contribution is 2.33. The summed E-state index contributed by atoms with van der Waals surface area (Å²) in [5.74, 6) is 1.23. The summed E-state index contributed by atoms with van der Waals surface area (Å²) in [6, 6.07) is 17.3. The second-order valence-corrected chi connectivity index (χ2v) is 6.58. The minimum Gasteiger partial charge on any atom is -0.486 e. The number of amides is 1. The lowest BCUT2D eigenvalue weighted by Crippen LogP contribution is -2.23. The van der Waals surface area contributed by atoms with Gasteiger partial charge in [-0.15, -0.1) is 0 Å². The van der Waals surface area contributed by atoms with Crippen LogP contribution < -0.4 is 20.1 Å². The minimum atomic E-state index is -0.216. The third-order valence-corrected chi connectivity index (χ3v) is 4.40. The van der Waals surface area contributed by atoms with E-state index >= 15 is 0 Å². The molecule has 0 bridgehead atoms. The summed E-state index contributed by atoms with van der Waals surface area (Å²) >= 11 is 0. The summed E-state index contributed by atoms with van der Waals surface area (Å²) in [6.45, 7) is 3.59. The van der Waals surface area contributed by atoms with Crippen molar-refractivity contribution in [3.8, 4) is 11.5 Å². The van der Waals surface area contributed by atoms with Crippen LogP contribution in [-0.2, 0) is 6.54 Å². The number of ether oxygens (including phenoxy) is 2. The lowest BCUT2D eigenvalue weighted by atomic mass is 10.1. The van der Waals surface area contributed by atoms with Gasteiger partial charge in [0.1, 0.15) is 18.9 Å². The van der Waals surface area contributed by atoms with Crippen LogP contribution in [0.25, 0.3) is 0 Å². The van der Waals surface area contributed by atoms with Crippen molar-refractivity contribution >= 4 is 17.3 Å². The Kier molecular flexibility index (Phi) is 5.10. The van der Waals surface area contributed by atoms with Gasteiger partial charge < -0.3 is 20.1 Å². The summed E-state index contributed by atoms with van der Waals surface area (Å²) in [5, 5.41) is 6.17. The molecule has 142 valence electrons. The zero-order chi connectivity index (χ0) is 19.3. The number of rotatable bonds is 5. The molecule has 0 aliphatic carbocycles. The Bertz CT molecular complexity index is 987. The van der Waals surface area contributed by atoms with Gasteiger partial charge in [0.25, 0.3) is 5.91 Å². The second kappa shape index (κ2) is 8.00. The maximum atomic E-state index is 12.4. The molecule has 0 spiro atoms. The number of nitrogens with one attached hydrogen (secondary N) is 2. The molecule has 1 amide bonds. The quantitative estimate of drug-likeness (QED) is 0.709. The lowest BCUT2D eigenvalue weighted by Gasteiger charge is -2.19. The minimum absolute atomic E-state index is 0.216. The predicted molar refractivity (Wildman–Crippen MR) is 107 cm³/mol. The molecule has 0 unspecified atom stereocenters. The molecule has 2 aromatic carbocycles. The van der Waals surface area contributed by atoms with Gasteiger partial charge in [0, 0.05) is 30.2 Å². The first-order valence-electron chi connectivity index (χ1n) is 9.14. The van der Waals surface area contributed by atoms with E-state index in [1.807, 2.05) is 55.5 Å². The van der Waals surface area contributed by atoms with Gasteiger partial charge in [0.05, 0.1) is 0 Å². The Morgan fingerprint density at radius 3 is 2.54 bits per heavy atom. The number of carbonyl (C=O) groups is 1. The van der Waals surface area contributed by atoms with Crippen molar-refractivity contribution in [1.29, 1.82) is 0 Å². The van der Waals surface area contributed by atoms with Gasteiger partial charge >= 0.3 is 0 Å². The SMILES string of the molecule is Cc1ccc(CNC(=O)c2cc(Nc3ccc4c(c3)OCCO4)ccn2)cc1. The second-order valence-electron chi connectivity index (χ2n) is 6.58. The van der Waals surface area contributed by atoms with E-state index in [1.54, 1.807) is 12.3 Å². The average molecular weight is 375 g/mol. The number of nitrogens with zero attached hydrogens (tertiary/aromatic N) is 1. The molecule has 2 heterocycles. The highest BCUT2D eigenvalue weighted by Gasteiger charge is 2.12. The number of anilines is 2. The van der Waals surface area contributed by atoms with Crippen LogP contribution in [0.15, 0.2) is 60.8 Å². The van der Waals surface area contributed by atoms with Crippen molar-refractivity contribution in [2.75, 3.05) is 18.5 Å². The van der Waals surface area contributed by atoms with Gasteiger partial charge in [0.2, 0.25) is 0 Å². The van der Waals surface area contributed by atoms with Crippen molar-refractivity contribution in [2.24, 2.45) is 0 Å². The number of aromatic nitrogens is 1. The first-order chi connectivity index (χ1) is 13.7. The monoisotopic (exact) mass is 375 g/mol. The molecule has 6 heteroatoms. The molecule has 1 aliphatic heterocycles. The number of hydrogen-bond donors (Lipinski definition) is 2. The zero-order valence-electron chi connectivity index (χ0n) is 15.6. The van der Waals surface area contributed by atoms with Gasteiger partial charge in [-0.2, -0.15) is 0 Å². The first-order valence-corrected chi connectivity index (χ1v) is 9.14. The Morgan fingerprint density at radius 1 is 0.964 bits per heavy atom. The molecule has 0 radical (unpaired) electrons. The van der Waals surface area contributed by atoms with E-state index in [1.165, 1.54) is 5.56 Å². The van der Waals surface area contributed by atoms with E-state index in [4.69, 9.17) is 9.47 Å². The fraction of sp³-hybridized carbons (Fsp3) is 0.182. The van der Waals surface area contributed by atoms with E-state index < -0.39 is 0 Å². The maximum absolute atomic E-state index is 12.4. The van der Waals surface area contributed by atoms with Gasteiger partial charge in [0.15, 0.2) is 11.5 Å². The van der Waals surface area contributed by atoms with Crippen molar-refractivity contribution in [2.45, 2.75) is 13.5 Å². The molecule has 1 aliphatic rings. The average Bonchev–Trinajstić information content (AvgIpc) is 2.73. The molecule has 4 rings (SSSR count). The van der Waals surface area contributed by atoms with Crippen molar-refractivity contribution < 1.29 is 14.3 Å². The summed E-state index contributed by atoms with van der Waals surface area (Å²) < 4.78 is 11.1. The van der Waals surface area contributed by atoms with Gasteiger partial charge in [-0.3, -0.25) is 9.78 Å². The molecule has 2 N–H and O–H groups in total. The number of benzene rings is 2. The molecule has 0 saturated carbocycles. The van der Waals surface area contributed by atoms with Gasteiger partial charge in [-0.1, -0.05) is 29.8 Å². The van der Waals surface area contributed by atoms with E-state index in [0.29, 0.717) is 31.2 Å². The normalized spacial score (nSPS) is 12.3. The summed E-state index contributed by atoms with van der Waals surface area (Å²) in [4.78, 5) is 16.6. The topological polar surface area (TPSA) is 72.5 Å². The Hall–Kier alpha value is -3.54. The predicted octanol–water partition coefficient (Wildman–Crippen LogP) is 3.83. The van der Waals surface area contributed by atoms with Crippen LogP contribution in [0, 0.1) is 6.92 Å². The lowest BCUT2D eigenvalue weighted by molar-refractivity contribution is 0.0946. The number of fused-ring (bicyclic) bond motifs is 1. The molecular formula is C22H21N3O3. The molecular weight excluding hydrogens is 354 g/mol. The molecule has 6 nitrogen and oxygen atoms in total. The van der Waals surface area contributed by atoms with Crippen LogP contribution in [0.2, 0.25) is 0 Å². The Balaban J connectivity index is 1.42. The van der Waals surface area contributed by atoms with E-state index in [0.717, 1.165) is 22.7 Å². The molecule has 0 saturated heterocycles. The number of pyridine rings is 1. The number of aryl methyl sites for hydroxylation is 1. The molecule has 3 aromatic rings. The third-order valence-electron chi connectivity index (χ3n) is 4.40. The van der Waals surface area contributed by atoms with Crippen LogP contribution in [-0.4, -0.2) is 24.1 Å².